The molecule has 5 atom stereocenters. The SMILES string of the molecule is C#CC(C)(C)[C@H]1CCN(C(=O)[C@@H](NC(N)O)C(C)(C)C)[C@@H]1C(=O)NC(CCC)C(=O)C(=O)NCC=C. The van der Waals surface area contributed by atoms with Crippen LogP contribution < -0.4 is 21.7 Å². The van der Waals surface area contributed by atoms with Crippen molar-refractivity contribution in [3.8, 4) is 12.3 Å². The average molecular weight is 506 g/mol. The smallest absolute Gasteiger partial charge is 0.289 e. The third-order valence-corrected chi connectivity index (χ3v) is 6.54. The molecule has 2 unspecified atom stereocenters. The van der Waals surface area contributed by atoms with E-state index in [0.717, 1.165) is 0 Å². The van der Waals surface area contributed by atoms with E-state index in [2.05, 4.69) is 28.4 Å². The summed E-state index contributed by atoms with van der Waals surface area (Å²) >= 11 is 0. The second kappa shape index (κ2) is 13.0. The minimum absolute atomic E-state index is 0.120. The highest BCUT2D eigenvalue weighted by molar-refractivity contribution is 6.38. The van der Waals surface area contributed by atoms with Gasteiger partial charge in [-0.25, -0.2) is 0 Å². The Bertz CT molecular complexity index is 871. The third-order valence-electron chi connectivity index (χ3n) is 6.54. The number of hydrogen-bond acceptors (Lipinski definition) is 7. The molecule has 202 valence electrons. The summed E-state index contributed by atoms with van der Waals surface area (Å²) in [5.41, 5.74) is 4.15. The lowest BCUT2D eigenvalue weighted by atomic mass is 9.75. The number of Topliss-reactive ketones (excluding diaryl/α,β-unsaturated/α-hetero) is 1. The van der Waals surface area contributed by atoms with Crippen LogP contribution in [0.5, 0.6) is 0 Å². The zero-order chi connectivity index (χ0) is 27.8. The first-order chi connectivity index (χ1) is 16.6. The standard InChI is InChI=1S/C26H43N5O5/c1-9-12-17(19(32)22(34)28-14-10-2)29-21(33)18-16(26(7,8)11-3)13-15-31(18)23(35)20(25(4,5)6)30-24(27)36/h3,10,16-18,20,24,30,36H,2,9,12-15,27H2,1,4-8H3,(H,28,34)(H,29,33)/t16-,17?,18-,20+,24?/m0/s1. The number of terminal acetylenes is 1. The summed E-state index contributed by atoms with van der Waals surface area (Å²) in [6.45, 7) is 14.8. The van der Waals surface area contributed by atoms with Crippen LogP contribution in [0.2, 0.25) is 0 Å². The number of carbonyl (C=O) groups excluding carboxylic acids is 4. The molecule has 1 aliphatic rings. The van der Waals surface area contributed by atoms with E-state index >= 15 is 0 Å². The van der Waals surface area contributed by atoms with E-state index in [1.807, 2.05) is 41.5 Å². The van der Waals surface area contributed by atoms with Crippen molar-refractivity contribution in [2.75, 3.05) is 13.1 Å². The number of nitrogens with one attached hydrogen (secondary N) is 3. The number of nitrogens with zero attached hydrogens (tertiary/aromatic N) is 1. The van der Waals surface area contributed by atoms with Gasteiger partial charge in [0.05, 0.1) is 12.1 Å². The Kier molecular flexibility index (Phi) is 11.3. The zero-order valence-electron chi connectivity index (χ0n) is 22.4. The summed E-state index contributed by atoms with van der Waals surface area (Å²) in [5, 5.41) is 17.6. The zero-order valence-corrected chi connectivity index (χ0v) is 22.4. The minimum Gasteiger partial charge on any atom is -0.366 e. The Morgan fingerprint density at radius 1 is 1.25 bits per heavy atom. The second-order valence-corrected chi connectivity index (χ2v) is 10.9. The van der Waals surface area contributed by atoms with Gasteiger partial charge in [-0.3, -0.25) is 30.2 Å². The molecule has 0 saturated carbocycles. The quantitative estimate of drug-likeness (QED) is 0.110. The molecule has 6 N–H and O–H groups in total. The van der Waals surface area contributed by atoms with Crippen LogP contribution in [0.4, 0.5) is 0 Å². The number of likely N-dealkylation sites (tertiary alicyclic amines) is 1. The van der Waals surface area contributed by atoms with Crippen molar-refractivity contribution < 1.29 is 24.3 Å². The third kappa shape index (κ3) is 7.88. The highest BCUT2D eigenvalue weighted by atomic mass is 16.3. The maximum absolute atomic E-state index is 13.7. The fourth-order valence-electron chi connectivity index (χ4n) is 4.48. The van der Waals surface area contributed by atoms with Crippen LogP contribution in [-0.4, -0.2) is 71.1 Å². The Hall–Kier alpha value is -2.74. The Morgan fingerprint density at radius 2 is 1.86 bits per heavy atom. The normalized spacial score (nSPS) is 20.6. The maximum Gasteiger partial charge on any atom is 0.289 e. The number of aliphatic hydroxyl groups is 1. The summed E-state index contributed by atoms with van der Waals surface area (Å²) in [7, 11) is 0. The largest absolute Gasteiger partial charge is 0.366 e. The number of hydrogen-bond donors (Lipinski definition) is 5. The fraction of sp³-hybridized carbons (Fsp3) is 0.692. The van der Waals surface area contributed by atoms with Crippen molar-refractivity contribution in [2.24, 2.45) is 22.5 Å². The molecule has 0 radical (unpaired) electrons. The van der Waals surface area contributed by atoms with E-state index in [0.29, 0.717) is 12.8 Å². The number of amides is 3. The van der Waals surface area contributed by atoms with Gasteiger partial charge in [0.25, 0.3) is 5.91 Å². The first kappa shape index (κ1) is 31.3. The summed E-state index contributed by atoms with van der Waals surface area (Å²) in [6, 6.07) is -2.92. The second-order valence-electron chi connectivity index (χ2n) is 10.9. The Balaban J connectivity index is 3.37. The summed E-state index contributed by atoms with van der Waals surface area (Å²) in [5.74, 6) is -0.227. The molecule has 0 aromatic carbocycles. The van der Waals surface area contributed by atoms with Gasteiger partial charge in [-0.05, 0) is 32.1 Å². The van der Waals surface area contributed by atoms with Crippen LogP contribution in [0.3, 0.4) is 0 Å². The lowest BCUT2D eigenvalue weighted by Crippen LogP contribution is -2.62. The van der Waals surface area contributed by atoms with E-state index in [1.165, 1.54) is 11.0 Å². The van der Waals surface area contributed by atoms with Gasteiger partial charge in [0.15, 0.2) is 6.35 Å². The van der Waals surface area contributed by atoms with Gasteiger partial charge in [0.1, 0.15) is 6.04 Å². The monoisotopic (exact) mass is 505 g/mol. The van der Waals surface area contributed by atoms with Gasteiger partial charge >= 0.3 is 0 Å². The highest BCUT2D eigenvalue weighted by Gasteiger charge is 2.50. The number of ketones is 1. The summed E-state index contributed by atoms with van der Waals surface area (Å²) in [4.78, 5) is 53.9. The van der Waals surface area contributed by atoms with Crippen LogP contribution in [-0.2, 0) is 19.2 Å². The molecule has 0 bridgehead atoms. The van der Waals surface area contributed by atoms with E-state index in [4.69, 9.17) is 12.2 Å². The number of nitrogens with two attached hydrogens (primary N) is 1. The molecule has 36 heavy (non-hydrogen) atoms. The van der Waals surface area contributed by atoms with Gasteiger partial charge < -0.3 is 20.6 Å². The highest BCUT2D eigenvalue weighted by Crippen LogP contribution is 2.39. The minimum atomic E-state index is -1.44. The lowest BCUT2D eigenvalue weighted by Gasteiger charge is -2.38. The lowest BCUT2D eigenvalue weighted by molar-refractivity contribution is -0.146. The molecule has 1 aliphatic heterocycles. The van der Waals surface area contributed by atoms with Crippen molar-refractivity contribution in [3.05, 3.63) is 12.7 Å². The number of rotatable bonds is 12. The first-order valence-electron chi connectivity index (χ1n) is 12.3. The van der Waals surface area contributed by atoms with Crippen molar-refractivity contribution in [1.82, 2.24) is 20.9 Å². The van der Waals surface area contributed by atoms with Crippen LogP contribution in [0.15, 0.2) is 12.7 Å². The van der Waals surface area contributed by atoms with E-state index in [9.17, 15) is 24.3 Å². The molecular formula is C26H43N5O5. The predicted molar refractivity (Wildman–Crippen MR) is 138 cm³/mol. The van der Waals surface area contributed by atoms with Crippen LogP contribution in [0, 0.1) is 29.1 Å². The Morgan fingerprint density at radius 3 is 2.33 bits per heavy atom. The van der Waals surface area contributed by atoms with Gasteiger partial charge in [0.2, 0.25) is 17.6 Å². The number of carbonyl (C=O) groups is 4. The Labute approximate surface area is 214 Å². The molecule has 0 aromatic rings. The molecule has 1 saturated heterocycles. The predicted octanol–water partition coefficient (Wildman–Crippen LogP) is 0.258. The summed E-state index contributed by atoms with van der Waals surface area (Å²) in [6.07, 6.45) is 7.06. The van der Waals surface area contributed by atoms with Gasteiger partial charge in [-0.2, -0.15) is 0 Å². The van der Waals surface area contributed by atoms with Crippen LogP contribution >= 0.6 is 0 Å². The molecular weight excluding hydrogens is 462 g/mol. The van der Waals surface area contributed by atoms with Gasteiger partial charge in [0, 0.05) is 24.4 Å². The molecule has 0 aliphatic carbocycles. The number of aliphatic hydroxyl groups excluding tert-OH is 1. The van der Waals surface area contributed by atoms with E-state index in [-0.39, 0.29) is 19.5 Å². The molecule has 0 spiro atoms. The van der Waals surface area contributed by atoms with Crippen molar-refractivity contribution in [2.45, 2.75) is 85.3 Å². The van der Waals surface area contributed by atoms with Gasteiger partial charge in [-0.1, -0.05) is 40.2 Å². The van der Waals surface area contributed by atoms with E-state index < -0.39 is 64.7 Å². The molecule has 3 amide bonds. The first-order valence-corrected chi connectivity index (χ1v) is 12.3. The molecule has 1 fully saturated rings. The topological polar surface area (TPSA) is 154 Å². The fourth-order valence-corrected chi connectivity index (χ4v) is 4.48. The van der Waals surface area contributed by atoms with Crippen molar-refractivity contribution in [1.29, 1.82) is 0 Å². The van der Waals surface area contributed by atoms with E-state index in [1.54, 1.807) is 0 Å². The molecule has 0 aromatic heterocycles. The molecule has 1 heterocycles. The van der Waals surface area contributed by atoms with Crippen LogP contribution in [0.25, 0.3) is 0 Å². The average Bonchev–Trinajstić information content (AvgIpc) is 3.25. The van der Waals surface area contributed by atoms with Crippen molar-refractivity contribution >= 4 is 23.5 Å². The van der Waals surface area contributed by atoms with Gasteiger partial charge in [-0.15, -0.1) is 18.9 Å². The van der Waals surface area contributed by atoms with Crippen LogP contribution in [0.1, 0.15) is 60.8 Å². The molecule has 10 heteroatoms. The maximum atomic E-state index is 13.7. The molecule has 1 rings (SSSR count). The molecule has 10 nitrogen and oxygen atoms in total. The summed E-state index contributed by atoms with van der Waals surface area (Å²) < 4.78 is 0. The van der Waals surface area contributed by atoms with Crippen molar-refractivity contribution in [3.63, 3.8) is 0 Å².